The molecular weight excluding hydrogens is 322 g/mol. The number of rotatable bonds is 10. The number of aliphatic hydroxyl groups excluding tert-OH is 1. The van der Waals surface area contributed by atoms with E-state index >= 15 is 0 Å². The molecule has 146 valence electrons. The highest BCUT2D eigenvalue weighted by atomic mass is 16.3. The van der Waals surface area contributed by atoms with Gasteiger partial charge in [0.25, 0.3) is 0 Å². The minimum atomic E-state index is -0.676. The Morgan fingerprint density at radius 1 is 1.08 bits per heavy atom. The van der Waals surface area contributed by atoms with Gasteiger partial charge in [-0.2, -0.15) is 0 Å². The number of benzene rings is 1. The molecule has 1 amide bonds. The smallest absolute Gasteiger partial charge is 0.225 e. The lowest BCUT2D eigenvalue weighted by Gasteiger charge is -2.32. The van der Waals surface area contributed by atoms with Gasteiger partial charge in [-0.3, -0.25) is 4.79 Å². The van der Waals surface area contributed by atoms with Crippen LogP contribution in [0.15, 0.2) is 42.5 Å². The minimum absolute atomic E-state index is 0.0440. The maximum Gasteiger partial charge on any atom is 0.225 e. The number of aliphatic hydroxyl groups is 1. The number of hydrogen-bond acceptors (Lipinski definition) is 2. The van der Waals surface area contributed by atoms with Gasteiger partial charge in [-0.05, 0) is 50.5 Å². The fourth-order valence-electron chi connectivity index (χ4n) is 3.85. The Morgan fingerprint density at radius 2 is 1.65 bits per heavy atom. The van der Waals surface area contributed by atoms with E-state index in [1.165, 1.54) is 5.57 Å². The number of allylic oxidation sites excluding steroid dienone is 1. The molecule has 0 spiro atoms. The molecule has 1 aromatic rings. The predicted octanol–water partition coefficient (Wildman–Crippen LogP) is 5.22. The highest BCUT2D eigenvalue weighted by Crippen LogP contribution is 2.26. The molecular formula is C23H37NO2. The summed E-state index contributed by atoms with van der Waals surface area (Å²) in [7, 11) is 1.80. The van der Waals surface area contributed by atoms with Crippen LogP contribution in [0.1, 0.15) is 65.5 Å². The SMILES string of the molecule is C=C(C)C[C@@H](C)C[C@@H](C)C[C@H](C)C(=O)N(C)[C@H](C)[C@H](O)c1ccccc1. The molecule has 1 N–H and O–H groups in total. The average molecular weight is 360 g/mol. The highest BCUT2D eigenvalue weighted by Gasteiger charge is 2.28. The lowest BCUT2D eigenvalue weighted by Crippen LogP contribution is -2.42. The summed E-state index contributed by atoms with van der Waals surface area (Å²) >= 11 is 0. The molecule has 0 radical (unpaired) electrons. The van der Waals surface area contributed by atoms with Gasteiger partial charge >= 0.3 is 0 Å². The third kappa shape index (κ3) is 6.95. The van der Waals surface area contributed by atoms with Gasteiger partial charge in [0.15, 0.2) is 0 Å². The molecule has 0 fully saturated rings. The zero-order valence-electron chi connectivity index (χ0n) is 17.4. The Labute approximate surface area is 160 Å². The van der Waals surface area contributed by atoms with Gasteiger partial charge in [0.2, 0.25) is 5.91 Å². The Bertz CT molecular complexity index is 569. The molecule has 5 atom stereocenters. The van der Waals surface area contributed by atoms with E-state index in [-0.39, 0.29) is 17.9 Å². The predicted molar refractivity (Wildman–Crippen MR) is 110 cm³/mol. The van der Waals surface area contributed by atoms with Crippen LogP contribution in [-0.4, -0.2) is 29.0 Å². The highest BCUT2D eigenvalue weighted by molar-refractivity contribution is 5.78. The van der Waals surface area contributed by atoms with Crippen LogP contribution in [0.3, 0.4) is 0 Å². The average Bonchev–Trinajstić information content (AvgIpc) is 2.58. The van der Waals surface area contributed by atoms with Gasteiger partial charge in [-0.15, -0.1) is 6.58 Å². The molecule has 0 heterocycles. The lowest BCUT2D eigenvalue weighted by molar-refractivity contribution is -0.138. The first kappa shape index (κ1) is 22.4. The van der Waals surface area contributed by atoms with Crippen molar-refractivity contribution in [2.45, 2.75) is 66.0 Å². The summed E-state index contributed by atoms with van der Waals surface area (Å²) in [4.78, 5) is 14.5. The second-order valence-electron chi connectivity index (χ2n) is 8.29. The molecule has 1 rings (SSSR count). The third-order valence-electron chi connectivity index (χ3n) is 5.24. The van der Waals surface area contributed by atoms with E-state index in [0.29, 0.717) is 11.8 Å². The van der Waals surface area contributed by atoms with E-state index in [1.807, 2.05) is 44.2 Å². The first-order chi connectivity index (χ1) is 12.1. The summed E-state index contributed by atoms with van der Waals surface area (Å²) in [6, 6.07) is 9.27. The van der Waals surface area contributed by atoms with Gasteiger partial charge in [-0.1, -0.05) is 56.7 Å². The summed E-state index contributed by atoms with van der Waals surface area (Å²) in [6.45, 7) is 14.4. The standard InChI is InChI=1S/C23H37NO2/c1-16(2)13-17(3)14-18(4)15-19(5)23(26)24(7)20(6)22(25)21-11-9-8-10-12-21/h8-12,17-20,22,25H,1,13-15H2,2-7H3/t17-,18-,19+,20-,22+/m1/s1. The van der Waals surface area contributed by atoms with Crippen LogP contribution in [0.2, 0.25) is 0 Å². The first-order valence-electron chi connectivity index (χ1n) is 9.77. The zero-order valence-corrected chi connectivity index (χ0v) is 17.4. The molecule has 0 unspecified atom stereocenters. The van der Waals surface area contributed by atoms with Crippen molar-refractivity contribution in [1.82, 2.24) is 4.90 Å². The van der Waals surface area contributed by atoms with Crippen molar-refractivity contribution >= 4 is 5.91 Å². The van der Waals surface area contributed by atoms with Crippen molar-refractivity contribution in [2.24, 2.45) is 17.8 Å². The van der Waals surface area contributed by atoms with Crippen LogP contribution in [0.4, 0.5) is 0 Å². The fourth-order valence-corrected chi connectivity index (χ4v) is 3.85. The second kappa shape index (κ2) is 10.5. The topological polar surface area (TPSA) is 40.5 Å². The number of carbonyl (C=O) groups is 1. The van der Waals surface area contributed by atoms with Gasteiger partial charge in [0, 0.05) is 13.0 Å². The Balaban J connectivity index is 2.59. The molecule has 0 bridgehead atoms. The van der Waals surface area contributed by atoms with Crippen molar-refractivity contribution in [1.29, 1.82) is 0 Å². The maximum absolute atomic E-state index is 12.8. The van der Waals surface area contributed by atoms with E-state index in [2.05, 4.69) is 27.4 Å². The Kier molecular flexibility index (Phi) is 9.07. The Hall–Kier alpha value is -1.61. The van der Waals surface area contributed by atoms with Gasteiger partial charge < -0.3 is 10.0 Å². The molecule has 3 nitrogen and oxygen atoms in total. The minimum Gasteiger partial charge on any atom is -0.386 e. The fraction of sp³-hybridized carbons (Fsp3) is 0.609. The van der Waals surface area contributed by atoms with Crippen molar-refractivity contribution in [3.05, 3.63) is 48.0 Å². The molecule has 0 saturated carbocycles. The van der Waals surface area contributed by atoms with Gasteiger partial charge in [0.05, 0.1) is 12.1 Å². The summed E-state index contributed by atoms with van der Waals surface area (Å²) < 4.78 is 0. The summed E-state index contributed by atoms with van der Waals surface area (Å²) in [5.74, 6) is 1.15. The number of nitrogens with zero attached hydrogens (tertiary/aromatic N) is 1. The largest absolute Gasteiger partial charge is 0.386 e. The zero-order chi connectivity index (χ0) is 19.9. The number of carbonyl (C=O) groups excluding carboxylic acids is 1. The molecule has 0 aromatic heterocycles. The van der Waals surface area contributed by atoms with E-state index in [9.17, 15) is 9.90 Å². The van der Waals surface area contributed by atoms with E-state index in [0.717, 1.165) is 24.8 Å². The van der Waals surface area contributed by atoms with Crippen molar-refractivity contribution in [2.75, 3.05) is 7.05 Å². The van der Waals surface area contributed by atoms with Crippen LogP contribution in [0.25, 0.3) is 0 Å². The van der Waals surface area contributed by atoms with Crippen molar-refractivity contribution < 1.29 is 9.90 Å². The van der Waals surface area contributed by atoms with Crippen LogP contribution in [-0.2, 0) is 4.79 Å². The number of likely N-dealkylation sites (N-methyl/N-ethyl adjacent to an activating group) is 1. The number of amides is 1. The van der Waals surface area contributed by atoms with E-state index in [4.69, 9.17) is 0 Å². The van der Waals surface area contributed by atoms with Gasteiger partial charge in [0.1, 0.15) is 0 Å². The first-order valence-corrected chi connectivity index (χ1v) is 9.77. The lowest BCUT2D eigenvalue weighted by atomic mass is 9.86. The number of hydrogen-bond donors (Lipinski definition) is 1. The maximum atomic E-state index is 12.8. The van der Waals surface area contributed by atoms with Crippen LogP contribution in [0, 0.1) is 17.8 Å². The molecule has 0 aliphatic carbocycles. The normalized spacial score (nSPS) is 17.0. The van der Waals surface area contributed by atoms with Crippen LogP contribution in [0.5, 0.6) is 0 Å². The van der Waals surface area contributed by atoms with E-state index < -0.39 is 6.10 Å². The molecule has 1 aromatic carbocycles. The van der Waals surface area contributed by atoms with Crippen LogP contribution >= 0.6 is 0 Å². The Morgan fingerprint density at radius 3 is 2.19 bits per heavy atom. The molecule has 0 aliphatic heterocycles. The van der Waals surface area contributed by atoms with Crippen molar-refractivity contribution in [3.8, 4) is 0 Å². The van der Waals surface area contributed by atoms with Crippen molar-refractivity contribution in [3.63, 3.8) is 0 Å². The summed E-state index contributed by atoms with van der Waals surface area (Å²) in [5, 5.41) is 10.6. The summed E-state index contributed by atoms with van der Waals surface area (Å²) in [6.07, 6.45) is 2.35. The molecule has 0 aliphatic rings. The third-order valence-corrected chi connectivity index (χ3v) is 5.24. The molecule has 26 heavy (non-hydrogen) atoms. The second-order valence-corrected chi connectivity index (χ2v) is 8.29. The quantitative estimate of drug-likeness (QED) is 0.582. The van der Waals surface area contributed by atoms with E-state index in [1.54, 1.807) is 11.9 Å². The van der Waals surface area contributed by atoms with Gasteiger partial charge in [-0.25, -0.2) is 0 Å². The monoisotopic (exact) mass is 359 g/mol. The molecule has 0 saturated heterocycles. The van der Waals surface area contributed by atoms with Crippen LogP contribution < -0.4 is 0 Å². The molecule has 3 heteroatoms. The summed E-state index contributed by atoms with van der Waals surface area (Å²) in [5.41, 5.74) is 2.06.